The first-order valence-electron chi connectivity index (χ1n) is 10.3. The quantitative estimate of drug-likeness (QED) is 0.854. The Balaban J connectivity index is 1.67. The van der Waals surface area contributed by atoms with Crippen LogP contribution in [0.15, 0.2) is 48.5 Å². The lowest BCUT2D eigenvalue weighted by Crippen LogP contribution is -2.48. The van der Waals surface area contributed by atoms with E-state index in [1.54, 1.807) is 24.3 Å². The molecule has 154 valence electrons. The van der Waals surface area contributed by atoms with Crippen LogP contribution in [-0.4, -0.2) is 54.3 Å². The summed E-state index contributed by atoms with van der Waals surface area (Å²) in [5, 5.41) is 2.93. The molecule has 0 spiro atoms. The van der Waals surface area contributed by atoms with E-state index in [0.29, 0.717) is 11.1 Å². The lowest BCUT2D eigenvalue weighted by molar-refractivity contribution is 0.0643. The van der Waals surface area contributed by atoms with E-state index in [0.717, 1.165) is 38.4 Å². The molecule has 0 bridgehead atoms. The fraction of sp³-hybridized carbons (Fsp3) is 0.417. The smallest absolute Gasteiger partial charge is 0.255 e. The summed E-state index contributed by atoms with van der Waals surface area (Å²) in [7, 11) is 0. The molecule has 5 nitrogen and oxygen atoms in total. The number of rotatable bonds is 4. The minimum atomic E-state index is -0.209. The van der Waals surface area contributed by atoms with Crippen LogP contribution in [0.5, 0.6) is 0 Å². The van der Waals surface area contributed by atoms with Gasteiger partial charge in [-0.05, 0) is 47.9 Å². The van der Waals surface area contributed by atoms with Gasteiger partial charge in [0.1, 0.15) is 0 Å². The molecule has 0 unspecified atom stereocenters. The van der Waals surface area contributed by atoms with Gasteiger partial charge in [-0.1, -0.05) is 45.9 Å². The second kappa shape index (κ2) is 8.78. The molecule has 0 radical (unpaired) electrons. The first kappa shape index (κ1) is 21.1. The maximum absolute atomic E-state index is 12.8. The van der Waals surface area contributed by atoms with E-state index in [-0.39, 0.29) is 17.2 Å². The van der Waals surface area contributed by atoms with Crippen LogP contribution in [-0.2, 0) is 5.41 Å². The van der Waals surface area contributed by atoms with E-state index in [1.807, 2.05) is 29.2 Å². The minimum absolute atomic E-state index is 0.00932. The Morgan fingerprint density at radius 1 is 0.931 bits per heavy atom. The third-order valence-corrected chi connectivity index (χ3v) is 5.49. The van der Waals surface area contributed by atoms with Crippen molar-refractivity contribution in [1.82, 2.24) is 9.80 Å². The summed E-state index contributed by atoms with van der Waals surface area (Å²) >= 11 is 0. The van der Waals surface area contributed by atoms with Gasteiger partial charge in [0.05, 0.1) is 0 Å². The van der Waals surface area contributed by atoms with Crippen LogP contribution in [0.4, 0.5) is 5.69 Å². The number of hydrogen-bond acceptors (Lipinski definition) is 3. The Hall–Kier alpha value is -2.66. The molecule has 0 aliphatic carbocycles. The van der Waals surface area contributed by atoms with Crippen molar-refractivity contribution in [2.24, 2.45) is 0 Å². The van der Waals surface area contributed by atoms with E-state index in [1.165, 1.54) is 5.56 Å². The number of carbonyl (C=O) groups excluding carboxylic acids is 2. The van der Waals surface area contributed by atoms with Crippen molar-refractivity contribution < 1.29 is 9.59 Å². The van der Waals surface area contributed by atoms with Gasteiger partial charge in [0.25, 0.3) is 11.8 Å². The van der Waals surface area contributed by atoms with E-state index in [2.05, 4.69) is 37.9 Å². The summed E-state index contributed by atoms with van der Waals surface area (Å²) in [5.41, 5.74) is 3.08. The predicted molar refractivity (Wildman–Crippen MR) is 118 cm³/mol. The number of carbonyl (C=O) groups is 2. The first-order chi connectivity index (χ1) is 13.8. The topological polar surface area (TPSA) is 52.7 Å². The zero-order chi connectivity index (χ0) is 21.0. The second-order valence-electron chi connectivity index (χ2n) is 8.59. The molecule has 2 amide bonds. The highest BCUT2D eigenvalue weighted by Gasteiger charge is 2.22. The number of hydrogen-bond donors (Lipinski definition) is 1. The van der Waals surface area contributed by atoms with Crippen LogP contribution in [0.3, 0.4) is 0 Å². The number of nitrogens with zero attached hydrogens (tertiary/aromatic N) is 2. The van der Waals surface area contributed by atoms with Crippen molar-refractivity contribution in [2.75, 3.05) is 38.0 Å². The first-order valence-corrected chi connectivity index (χ1v) is 10.3. The third kappa shape index (κ3) is 5.24. The number of anilines is 1. The van der Waals surface area contributed by atoms with Crippen LogP contribution >= 0.6 is 0 Å². The fourth-order valence-electron chi connectivity index (χ4n) is 3.50. The minimum Gasteiger partial charge on any atom is -0.336 e. The van der Waals surface area contributed by atoms with E-state index in [4.69, 9.17) is 0 Å². The number of amides is 2. The summed E-state index contributed by atoms with van der Waals surface area (Å²) in [4.78, 5) is 29.7. The fourth-order valence-corrected chi connectivity index (χ4v) is 3.50. The van der Waals surface area contributed by atoms with Crippen molar-refractivity contribution in [2.45, 2.75) is 33.1 Å². The number of benzene rings is 2. The van der Waals surface area contributed by atoms with Gasteiger partial charge in [-0.25, -0.2) is 0 Å². The van der Waals surface area contributed by atoms with Crippen LogP contribution in [0.1, 0.15) is 54.0 Å². The summed E-state index contributed by atoms with van der Waals surface area (Å²) in [5.74, 6) is -0.219. The standard InChI is InChI=1S/C24H31N3O2/c1-5-26-13-15-27(16-14-26)23(29)19-8-6-7-18(17-19)22(28)25-21-11-9-20(10-12-21)24(2,3)4/h6-12,17H,5,13-16H2,1-4H3,(H,25,28). The maximum atomic E-state index is 12.8. The highest BCUT2D eigenvalue weighted by atomic mass is 16.2. The summed E-state index contributed by atoms with van der Waals surface area (Å²) in [6.07, 6.45) is 0. The molecular formula is C24H31N3O2. The van der Waals surface area contributed by atoms with Crippen LogP contribution in [0, 0.1) is 0 Å². The molecule has 1 saturated heterocycles. The van der Waals surface area contributed by atoms with Gasteiger partial charge in [-0.15, -0.1) is 0 Å². The van der Waals surface area contributed by atoms with E-state index >= 15 is 0 Å². The van der Waals surface area contributed by atoms with E-state index < -0.39 is 0 Å². The Morgan fingerprint density at radius 3 is 2.14 bits per heavy atom. The molecule has 0 atom stereocenters. The monoisotopic (exact) mass is 393 g/mol. The molecular weight excluding hydrogens is 362 g/mol. The van der Waals surface area contributed by atoms with Gasteiger partial charge in [0.2, 0.25) is 0 Å². The largest absolute Gasteiger partial charge is 0.336 e. The number of piperazine rings is 1. The lowest BCUT2D eigenvalue weighted by Gasteiger charge is -2.34. The molecule has 0 aromatic heterocycles. The molecule has 2 aromatic carbocycles. The maximum Gasteiger partial charge on any atom is 0.255 e. The van der Waals surface area contributed by atoms with Gasteiger partial charge in [-0.3, -0.25) is 9.59 Å². The van der Waals surface area contributed by atoms with Crippen molar-refractivity contribution >= 4 is 17.5 Å². The highest BCUT2D eigenvalue weighted by Crippen LogP contribution is 2.23. The molecule has 1 aliphatic rings. The Kier molecular flexibility index (Phi) is 6.38. The van der Waals surface area contributed by atoms with Gasteiger partial charge in [0, 0.05) is 43.0 Å². The van der Waals surface area contributed by atoms with Crippen LogP contribution in [0.25, 0.3) is 0 Å². The molecule has 29 heavy (non-hydrogen) atoms. The average Bonchev–Trinajstić information content (AvgIpc) is 2.73. The van der Waals surface area contributed by atoms with Crippen LogP contribution in [0.2, 0.25) is 0 Å². The van der Waals surface area contributed by atoms with Crippen LogP contribution < -0.4 is 5.32 Å². The highest BCUT2D eigenvalue weighted by molar-refractivity contribution is 6.06. The second-order valence-corrected chi connectivity index (χ2v) is 8.59. The zero-order valence-electron chi connectivity index (χ0n) is 17.9. The number of likely N-dealkylation sites (N-methyl/N-ethyl adjacent to an activating group) is 1. The van der Waals surface area contributed by atoms with Gasteiger partial charge < -0.3 is 15.1 Å². The summed E-state index contributed by atoms with van der Waals surface area (Å²) in [6.45, 7) is 12.9. The summed E-state index contributed by atoms with van der Waals surface area (Å²) in [6, 6.07) is 14.9. The van der Waals surface area contributed by atoms with Gasteiger partial charge >= 0.3 is 0 Å². The lowest BCUT2D eigenvalue weighted by atomic mass is 9.87. The predicted octanol–water partition coefficient (Wildman–Crippen LogP) is 4.01. The Morgan fingerprint density at radius 2 is 1.55 bits per heavy atom. The third-order valence-electron chi connectivity index (χ3n) is 5.49. The Bertz CT molecular complexity index is 860. The SMILES string of the molecule is CCN1CCN(C(=O)c2cccc(C(=O)Nc3ccc(C(C)(C)C)cc3)c2)CC1. The van der Waals surface area contributed by atoms with Gasteiger partial charge in [-0.2, -0.15) is 0 Å². The zero-order valence-corrected chi connectivity index (χ0v) is 17.9. The normalized spacial score (nSPS) is 15.2. The molecule has 5 heteroatoms. The summed E-state index contributed by atoms with van der Waals surface area (Å²) < 4.78 is 0. The van der Waals surface area contributed by atoms with Gasteiger partial charge in [0.15, 0.2) is 0 Å². The van der Waals surface area contributed by atoms with Crippen molar-refractivity contribution in [3.63, 3.8) is 0 Å². The average molecular weight is 394 g/mol. The molecule has 0 saturated carbocycles. The Labute approximate surface area is 173 Å². The van der Waals surface area contributed by atoms with Crippen molar-refractivity contribution in [1.29, 1.82) is 0 Å². The molecule has 1 fully saturated rings. The molecule has 1 aliphatic heterocycles. The van der Waals surface area contributed by atoms with Crippen molar-refractivity contribution in [3.05, 3.63) is 65.2 Å². The molecule has 3 rings (SSSR count). The molecule has 1 heterocycles. The number of nitrogens with one attached hydrogen (secondary N) is 1. The van der Waals surface area contributed by atoms with Crippen molar-refractivity contribution in [3.8, 4) is 0 Å². The molecule has 2 aromatic rings. The van der Waals surface area contributed by atoms with E-state index in [9.17, 15) is 9.59 Å². The molecule has 1 N–H and O–H groups in total.